The molecule has 1 aliphatic carbocycles. The van der Waals surface area contributed by atoms with Crippen LogP contribution in [0.15, 0.2) is 37.1 Å². The zero-order chi connectivity index (χ0) is 13.7. The fourth-order valence-electron chi connectivity index (χ4n) is 1.86. The maximum atomic E-state index is 12.1. The van der Waals surface area contributed by atoms with Crippen LogP contribution in [0.4, 0.5) is 0 Å². The van der Waals surface area contributed by atoms with Crippen molar-refractivity contribution in [2.24, 2.45) is 5.41 Å². The lowest BCUT2D eigenvalue weighted by atomic mass is 10.1. The van der Waals surface area contributed by atoms with Gasteiger partial charge in [-0.1, -0.05) is 12.1 Å². The Labute approximate surface area is 112 Å². The number of hydrogen-bond acceptors (Lipinski definition) is 3. The molecule has 0 radical (unpaired) electrons. The lowest BCUT2D eigenvalue weighted by molar-refractivity contribution is -0.137. The second-order valence-electron chi connectivity index (χ2n) is 4.58. The van der Waals surface area contributed by atoms with E-state index in [1.165, 1.54) is 0 Å². The van der Waals surface area contributed by atoms with Gasteiger partial charge in [0.2, 0.25) is 11.8 Å². The van der Waals surface area contributed by atoms with E-state index in [2.05, 4.69) is 22.2 Å². The Morgan fingerprint density at radius 1 is 1.32 bits per heavy atom. The number of carbonyl (C=O) groups is 2. The van der Waals surface area contributed by atoms with Crippen LogP contribution in [-0.4, -0.2) is 23.3 Å². The fraction of sp³-hybridized carbons (Fsp3) is 0.357. The van der Waals surface area contributed by atoms with Crippen LogP contribution in [0.25, 0.3) is 0 Å². The molecule has 2 rings (SSSR count). The first kappa shape index (κ1) is 13.3. The largest absolute Gasteiger partial charge is 0.352 e. The number of pyridine rings is 1. The minimum atomic E-state index is -0.877. The maximum Gasteiger partial charge on any atom is 0.236 e. The van der Waals surface area contributed by atoms with Gasteiger partial charge in [-0.3, -0.25) is 14.6 Å². The van der Waals surface area contributed by atoms with Gasteiger partial charge in [0.05, 0.1) is 12.2 Å². The smallest absolute Gasteiger partial charge is 0.236 e. The van der Waals surface area contributed by atoms with Crippen LogP contribution in [0, 0.1) is 5.41 Å². The van der Waals surface area contributed by atoms with Gasteiger partial charge in [0, 0.05) is 12.7 Å². The van der Waals surface area contributed by atoms with Gasteiger partial charge in [-0.2, -0.15) is 0 Å². The average molecular weight is 259 g/mol. The molecule has 1 aliphatic rings. The third-order valence-electron chi connectivity index (χ3n) is 3.18. The summed E-state index contributed by atoms with van der Waals surface area (Å²) in [6.07, 6.45) is 4.47. The van der Waals surface area contributed by atoms with Crippen LogP contribution in [0.5, 0.6) is 0 Å². The van der Waals surface area contributed by atoms with Gasteiger partial charge in [-0.25, -0.2) is 0 Å². The van der Waals surface area contributed by atoms with E-state index in [0.29, 0.717) is 25.9 Å². The summed E-state index contributed by atoms with van der Waals surface area (Å²) in [6, 6.07) is 5.51. The molecule has 0 spiro atoms. The Balaban J connectivity index is 1.89. The van der Waals surface area contributed by atoms with E-state index in [9.17, 15) is 9.59 Å². The molecular formula is C14H17N3O2. The second kappa shape index (κ2) is 5.65. The van der Waals surface area contributed by atoms with Crippen molar-refractivity contribution in [2.75, 3.05) is 6.54 Å². The normalized spacial score (nSPS) is 15.4. The van der Waals surface area contributed by atoms with Gasteiger partial charge in [-0.15, -0.1) is 6.58 Å². The first-order valence-electron chi connectivity index (χ1n) is 6.26. The van der Waals surface area contributed by atoms with Crippen molar-refractivity contribution in [1.82, 2.24) is 15.6 Å². The summed E-state index contributed by atoms with van der Waals surface area (Å²) in [6.45, 7) is 4.26. The highest BCUT2D eigenvalue weighted by Gasteiger charge is 2.56. The van der Waals surface area contributed by atoms with Crippen molar-refractivity contribution in [3.05, 3.63) is 42.7 Å². The Kier molecular flexibility index (Phi) is 3.94. The number of aromatic nitrogens is 1. The van der Waals surface area contributed by atoms with E-state index in [4.69, 9.17) is 0 Å². The van der Waals surface area contributed by atoms with Crippen LogP contribution in [0.2, 0.25) is 0 Å². The van der Waals surface area contributed by atoms with Gasteiger partial charge < -0.3 is 10.6 Å². The highest BCUT2D eigenvalue weighted by atomic mass is 16.2. The molecule has 0 aliphatic heterocycles. The first-order chi connectivity index (χ1) is 9.19. The molecule has 100 valence electrons. The van der Waals surface area contributed by atoms with Crippen molar-refractivity contribution >= 4 is 11.8 Å². The third-order valence-corrected chi connectivity index (χ3v) is 3.18. The molecule has 0 unspecified atom stereocenters. The van der Waals surface area contributed by atoms with Crippen molar-refractivity contribution in [3.8, 4) is 0 Å². The summed E-state index contributed by atoms with van der Waals surface area (Å²) in [7, 11) is 0. The molecule has 0 atom stereocenters. The molecule has 0 aromatic carbocycles. The van der Waals surface area contributed by atoms with Gasteiger partial charge in [0.25, 0.3) is 0 Å². The number of hydrogen-bond donors (Lipinski definition) is 2. The summed E-state index contributed by atoms with van der Waals surface area (Å²) in [4.78, 5) is 28.1. The lowest BCUT2D eigenvalue weighted by Crippen LogP contribution is -2.42. The van der Waals surface area contributed by atoms with Crippen molar-refractivity contribution in [1.29, 1.82) is 0 Å². The van der Waals surface area contributed by atoms with E-state index in [0.717, 1.165) is 5.69 Å². The zero-order valence-corrected chi connectivity index (χ0v) is 10.7. The summed E-state index contributed by atoms with van der Waals surface area (Å²) in [5.74, 6) is -0.439. The third kappa shape index (κ3) is 2.99. The molecule has 1 fully saturated rings. The van der Waals surface area contributed by atoms with Crippen LogP contribution in [-0.2, 0) is 16.1 Å². The molecule has 1 aromatic rings. The minimum absolute atomic E-state index is 0.217. The molecular weight excluding hydrogens is 242 g/mol. The predicted molar refractivity (Wildman–Crippen MR) is 71.0 cm³/mol. The SMILES string of the molecule is C=CCNC(=O)C1(C(=O)NCc2ccccn2)CC1. The number of carbonyl (C=O) groups excluding carboxylic acids is 2. The summed E-state index contributed by atoms with van der Waals surface area (Å²) < 4.78 is 0. The summed E-state index contributed by atoms with van der Waals surface area (Å²) in [5, 5.41) is 5.45. The average Bonchev–Trinajstić information content (AvgIpc) is 3.25. The molecule has 19 heavy (non-hydrogen) atoms. The molecule has 5 heteroatoms. The van der Waals surface area contributed by atoms with Crippen LogP contribution >= 0.6 is 0 Å². The van der Waals surface area contributed by atoms with Crippen LogP contribution in [0.1, 0.15) is 18.5 Å². The molecule has 0 bridgehead atoms. The molecule has 5 nitrogen and oxygen atoms in total. The Morgan fingerprint density at radius 3 is 2.63 bits per heavy atom. The topological polar surface area (TPSA) is 71.1 Å². The quantitative estimate of drug-likeness (QED) is 0.586. The maximum absolute atomic E-state index is 12.1. The molecule has 2 N–H and O–H groups in total. The van der Waals surface area contributed by atoms with E-state index in [1.807, 2.05) is 18.2 Å². The van der Waals surface area contributed by atoms with Crippen molar-refractivity contribution < 1.29 is 9.59 Å². The summed E-state index contributed by atoms with van der Waals surface area (Å²) >= 11 is 0. The number of rotatable bonds is 6. The zero-order valence-electron chi connectivity index (χ0n) is 10.7. The Morgan fingerprint density at radius 2 is 2.05 bits per heavy atom. The highest BCUT2D eigenvalue weighted by molar-refractivity contribution is 6.07. The molecule has 2 amide bonds. The second-order valence-corrected chi connectivity index (χ2v) is 4.58. The van der Waals surface area contributed by atoms with Gasteiger partial charge in [-0.05, 0) is 25.0 Å². The minimum Gasteiger partial charge on any atom is -0.352 e. The van der Waals surface area contributed by atoms with E-state index in [-0.39, 0.29) is 11.8 Å². The molecule has 1 aromatic heterocycles. The van der Waals surface area contributed by atoms with Gasteiger partial charge in [0.15, 0.2) is 0 Å². The number of nitrogens with one attached hydrogen (secondary N) is 2. The van der Waals surface area contributed by atoms with Crippen LogP contribution < -0.4 is 10.6 Å². The van der Waals surface area contributed by atoms with E-state index in [1.54, 1.807) is 12.3 Å². The molecule has 1 saturated carbocycles. The lowest BCUT2D eigenvalue weighted by Gasteiger charge is -2.14. The number of amides is 2. The highest BCUT2D eigenvalue weighted by Crippen LogP contribution is 2.46. The van der Waals surface area contributed by atoms with Crippen LogP contribution in [0.3, 0.4) is 0 Å². The first-order valence-corrected chi connectivity index (χ1v) is 6.26. The number of nitrogens with zero attached hydrogens (tertiary/aromatic N) is 1. The van der Waals surface area contributed by atoms with E-state index < -0.39 is 5.41 Å². The standard InChI is InChI=1S/C14H17N3O2/c1-2-8-16-12(18)14(6-7-14)13(19)17-10-11-5-3-4-9-15-11/h2-5,9H,1,6-8,10H2,(H,16,18)(H,17,19). The van der Waals surface area contributed by atoms with Crippen molar-refractivity contribution in [3.63, 3.8) is 0 Å². The fourth-order valence-corrected chi connectivity index (χ4v) is 1.86. The Hall–Kier alpha value is -2.17. The van der Waals surface area contributed by atoms with Gasteiger partial charge >= 0.3 is 0 Å². The van der Waals surface area contributed by atoms with E-state index >= 15 is 0 Å². The molecule has 1 heterocycles. The van der Waals surface area contributed by atoms with Gasteiger partial charge in [0.1, 0.15) is 5.41 Å². The predicted octanol–water partition coefficient (Wildman–Crippen LogP) is 0.780. The monoisotopic (exact) mass is 259 g/mol. The van der Waals surface area contributed by atoms with Crippen molar-refractivity contribution in [2.45, 2.75) is 19.4 Å². The molecule has 0 saturated heterocycles. The Bertz CT molecular complexity index is 481. The summed E-state index contributed by atoms with van der Waals surface area (Å²) in [5.41, 5.74) is -0.101.